The summed E-state index contributed by atoms with van der Waals surface area (Å²) < 4.78 is 0. The largest absolute Gasteiger partial charge is 0.327 e. The van der Waals surface area contributed by atoms with E-state index in [0.717, 1.165) is 6.42 Å². The normalized spacial score (nSPS) is 14.0. The van der Waals surface area contributed by atoms with Gasteiger partial charge in [-0.25, -0.2) is 0 Å². The van der Waals surface area contributed by atoms with Gasteiger partial charge in [0.15, 0.2) is 0 Å². The third-order valence-electron chi connectivity index (χ3n) is 1.21. The first-order chi connectivity index (χ1) is 4.31. The van der Waals surface area contributed by atoms with E-state index in [1.165, 1.54) is 0 Å². The molecule has 0 aromatic rings. The summed E-state index contributed by atoms with van der Waals surface area (Å²) in [7, 11) is 0. The fourth-order valence-electron chi connectivity index (χ4n) is 0.503. The summed E-state index contributed by atoms with van der Waals surface area (Å²) in [6, 6.07) is 0. The minimum atomic E-state index is 0.577. The molecule has 0 saturated carbocycles. The van der Waals surface area contributed by atoms with E-state index in [1.807, 2.05) is 12.2 Å². The Bertz CT molecular complexity index is 94.7. The molecule has 1 heteroatoms. The van der Waals surface area contributed by atoms with E-state index < -0.39 is 0 Å². The second-order valence-corrected chi connectivity index (χ2v) is 2.16. The van der Waals surface area contributed by atoms with Crippen molar-refractivity contribution < 1.29 is 0 Å². The molecular formula is C8H15N. The molecule has 1 unspecified atom stereocenters. The summed E-state index contributed by atoms with van der Waals surface area (Å²) >= 11 is 0. The molecule has 0 aliphatic heterocycles. The number of hydrogen-bond acceptors (Lipinski definition) is 1. The van der Waals surface area contributed by atoms with Gasteiger partial charge in [-0.05, 0) is 12.3 Å². The SMILES string of the molecule is C=CC(C)C/C=C/CN. The van der Waals surface area contributed by atoms with E-state index in [1.54, 1.807) is 0 Å². The van der Waals surface area contributed by atoms with Crippen LogP contribution in [0.5, 0.6) is 0 Å². The monoisotopic (exact) mass is 125 g/mol. The minimum absolute atomic E-state index is 0.577. The molecule has 0 saturated heterocycles. The summed E-state index contributed by atoms with van der Waals surface area (Å²) in [5.74, 6) is 0.577. The highest BCUT2D eigenvalue weighted by Crippen LogP contribution is 2.01. The Morgan fingerprint density at radius 3 is 2.67 bits per heavy atom. The topological polar surface area (TPSA) is 26.0 Å². The molecule has 0 radical (unpaired) electrons. The molecule has 0 spiro atoms. The first-order valence-corrected chi connectivity index (χ1v) is 3.29. The zero-order valence-corrected chi connectivity index (χ0v) is 6.01. The molecule has 9 heavy (non-hydrogen) atoms. The van der Waals surface area contributed by atoms with Crippen LogP contribution in [-0.2, 0) is 0 Å². The molecule has 0 bridgehead atoms. The van der Waals surface area contributed by atoms with Crippen molar-refractivity contribution >= 4 is 0 Å². The van der Waals surface area contributed by atoms with Gasteiger partial charge < -0.3 is 5.73 Å². The number of allylic oxidation sites excluding steroid dienone is 2. The fourth-order valence-corrected chi connectivity index (χ4v) is 0.503. The van der Waals surface area contributed by atoms with Crippen LogP contribution in [-0.4, -0.2) is 6.54 Å². The first kappa shape index (κ1) is 8.44. The summed E-state index contributed by atoms with van der Waals surface area (Å²) in [6.45, 7) is 6.45. The van der Waals surface area contributed by atoms with Crippen molar-refractivity contribution in [2.45, 2.75) is 13.3 Å². The van der Waals surface area contributed by atoms with E-state index in [-0.39, 0.29) is 0 Å². The minimum Gasteiger partial charge on any atom is -0.327 e. The quantitative estimate of drug-likeness (QED) is 0.569. The molecule has 0 heterocycles. The van der Waals surface area contributed by atoms with Crippen molar-refractivity contribution in [3.63, 3.8) is 0 Å². The Morgan fingerprint density at radius 2 is 2.22 bits per heavy atom. The maximum Gasteiger partial charge on any atom is 0.0106 e. The lowest BCUT2D eigenvalue weighted by Gasteiger charge is -1.97. The Labute approximate surface area is 57.3 Å². The van der Waals surface area contributed by atoms with Gasteiger partial charge >= 0.3 is 0 Å². The van der Waals surface area contributed by atoms with Crippen molar-refractivity contribution in [1.82, 2.24) is 0 Å². The number of rotatable bonds is 4. The zero-order valence-electron chi connectivity index (χ0n) is 6.01. The van der Waals surface area contributed by atoms with Gasteiger partial charge in [-0.3, -0.25) is 0 Å². The van der Waals surface area contributed by atoms with Gasteiger partial charge in [0.1, 0.15) is 0 Å². The lowest BCUT2D eigenvalue weighted by molar-refractivity contribution is 0.745. The molecule has 1 nitrogen and oxygen atoms in total. The smallest absolute Gasteiger partial charge is 0.0106 e. The summed E-state index contributed by atoms with van der Waals surface area (Å²) in [5, 5.41) is 0. The molecule has 0 aliphatic carbocycles. The highest BCUT2D eigenvalue weighted by atomic mass is 14.5. The van der Waals surface area contributed by atoms with Gasteiger partial charge in [0.2, 0.25) is 0 Å². The molecule has 0 rings (SSSR count). The van der Waals surface area contributed by atoms with E-state index in [2.05, 4.69) is 19.6 Å². The van der Waals surface area contributed by atoms with E-state index in [0.29, 0.717) is 12.5 Å². The van der Waals surface area contributed by atoms with E-state index in [9.17, 15) is 0 Å². The van der Waals surface area contributed by atoms with Crippen LogP contribution in [0.15, 0.2) is 24.8 Å². The number of hydrogen-bond donors (Lipinski definition) is 1. The molecule has 0 aromatic heterocycles. The van der Waals surface area contributed by atoms with Crippen molar-refractivity contribution in [2.75, 3.05) is 6.54 Å². The average molecular weight is 125 g/mol. The molecule has 0 aromatic carbocycles. The third kappa shape index (κ3) is 5.31. The van der Waals surface area contributed by atoms with Gasteiger partial charge in [0.05, 0.1) is 0 Å². The van der Waals surface area contributed by atoms with Crippen LogP contribution in [0.4, 0.5) is 0 Å². The molecule has 0 aliphatic rings. The Kier molecular flexibility index (Phi) is 5.23. The summed E-state index contributed by atoms with van der Waals surface area (Å²) in [6.07, 6.45) is 7.06. The van der Waals surface area contributed by atoms with Gasteiger partial charge in [0.25, 0.3) is 0 Å². The van der Waals surface area contributed by atoms with Gasteiger partial charge in [0, 0.05) is 6.54 Å². The predicted octanol–water partition coefficient (Wildman–Crippen LogP) is 1.71. The summed E-state index contributed by atoms with van der Waals surface area (Å²) in [4.78, 5) is 0. The van der Waals surface area contributed by atoms with Crippen LogP contribution < -0.4 is 5.73 Å². The Hall–Kier alpha value is -0.560. The van der Waals surface area contributed by atoms with Crippen LogP contribution in [0.25, 0.3) is 0 Å². The Morgan fingerprint density at radius 1 is 1.56 bits per heavy atom. The zero-order chi connectivity index (χ0) is 7.11. The fraction of sp³-hybridized carbons (Fsp3) is 0.500. The molecular weight excluding hydrogens is 110 g/mol. The van der Waals surface area contributed by atoms with Crippen molar-refractivity contribution in [2.24, 2.45) is 11.7 Å². The first-order valence-electron chi connectivity index (χ1n) is 3.29. The van der Waals surface area contributed by atoms with Crippen LogP contribution in [0.1, 0.15) is 13.3 Å². The highest BCUT2D eigenvalue weighted by molar-refractivity contribution is 4.88. The van der Waals surface area contributed by atoms with Gasteiger partial charge in [-0.2, -0.15) is 0 Å². The molecule has 1 atom stereocenters. The molecule has 52 valence electrons. The second-order valence-electron chi connectivity index (χ2n) is 2.16. The van der Waals surface area contributed by atoms with Crippen LogP contribution >= 0.6 is 0 Å². The van der Waals surface area contributed by atoms with Gasteiger partial charge in [-0.1, -0.05) is 25.2 Å². The second kappa shape index (κ2) is 5.57. The average Bonchev–Trinajstić information content (AvgIpc) is 1.89. The van der Waals surface area contributed by atoms with Crippen LogP contribution in [0.2, 0.25) is 0 Å². The maximum atomic E-state index is 5.24. The predicted molar refractivity (Wildman–Crippen MR) is 42.2 cm³/mol. The van der Waals surface area contributed by atoms with E-state index >= 15 is 0 Å². The van der Waals surface area contributed by atoms with Crippen molar-refractivity contribution in [3.8, 4) is 0 Å². The van der Waals surface area contributed by atoms with Crippen LogP contribution in [0.3, 0.4) is 0 Å². The lowest BCUT2D eigenvalue weighted by atomic mass is 10.1. The molecule has 0 amide bonds. The third-order valence-corrected chi connectivity index (χ3v) is 1.21. The van der Waals surface area contributed by atoms with E-state index in [4.69, 9.17) is 5.73 Å². The molecule has 2 N–H and O–H groups in total. The van der Waals surface area contributed by atoms with Crippen molar-refractivity contribution in [1.29, 1.82) is 0 Å². The van der Waals surface area contributed by atoms with Crippen molar-refractivity contribution in [3.05, 3.63) is 24.8 Å². The summed E-state index contributed by atoms with van der Waals surface area (Å²) in [5.41, 5.74) is 5.24. The maximum absolute atomic E-state index is 5.24. The van der Waals surface area contributed by atoms with Gasteiger partial charge in [-0.15, -0.1) is 6.58 Å². The number of nitrogens with two attached hydrogens (primary N) is 1. The highest BCUT2D eigenvalue weighted by Gasteiger charge is 1.88. The lowest BCUT2D eigenvalue weighted by Crippen LogP contribution is -1.93. The Balaban J connectivity index is 3.25. The molecule has 0 fully saturated rings. The standard InChI is InChI=1S/C8H15N/c1-3-8(2)6-4-5-7-9/h3-5,8H,1,6-7,9H2,2H3/b5-4+. The van der Waals surface area contributed by atoms with Crippen LogP contribution in [0, 0.1) is 5.92 Å².